The summed E-state index contributed by atoms with van der Waals surface area (Å²) in [6, 6.07) is 2.75. The lowest BCUT2D eigenvalue weighted by molar-refractivity contribution is 0.175. The second kappa shape index (κ2) is 5.37. The Morgan fingerprint density at radius 2 is 2.00 bits per heavy atom. The number of aromatic nitrogens is 1. The third-order valence-corrected chi connectivity index (χ3v) is 4.44. The molecule has 3 heterocycles. The number of aryl methyl sites for hydroxylation is 1. The Morgan fingerprint density at radius 1 is 1.21 bits per heavy atom. The number of nitrogens with zero attached hydrogens (tertiary/aromatic N) is 3. The van der Waals surface area contributed by atoms with Gasteiger partial charge < -0.3 is 10.6 Å². The van der Waals surface area contributed by atoms with Gasteiger partial charge in [-0.3, -0.25) is 4.90 Å². The third kappa shape index (κ3) is 2.68. The van der Waals surface area contributed by atoms with Crippen molar-refractivity contribution < 1.29 is 0 Å². The Bertz CT molecular complexity index is 440. The summed E-state index contributed by atoms with van der Waals surface area (Å²) in [7, 11) is 0. The zero-order valence-corrected chi connectivity index (χ0v) is 11.8. The topological polar surface area (TPSA) is 45.4 Å². The molecule has 0 spiro atoms. The number of likely N-dealkylation sites (tertiary alicyclic amines) is 1. The number of nitrogens with two attached hydrogens (primary N) is 1. The average Bonchev–Trinajstić information content (AvgIpc) is 2.89. The van der Waals surface area contributed by atoms with Crippen LogP contribution in [0.15, 0.2) is 12.3 Å². The Morgan fingerprint density at radius 3 is 2.74 bits per heavy atom. The molecule has 0 bridgehead atoms. The van der Waals surface area contributed by atoms with Gasteiger partial charge in [-0.05, 0) is 50.9 Å². The van der Waals surface area contributed by atoms with Gasteiger partial charge in [0, 0.05) is 19.1 Å². The maximum absolute atomic E-state index is 5.78. The van der Waals surface area contributed by atoms with E-state index in [1.165, 1.54) is 44.3 Å². The molecule has 1 aromatic heterocycles. The molecule has 0 aromatic carbocycles. The fraction of sp³-hybridized carbons (Fsp3) is 0.667. The smallest absolute Gasteiger partial charge is 0.131 e. The molecule has 2 aliphatic heterocycles. The second-order valence-electron chi connectivity index (χ2n) is 5.89. The average molecular weight is 260 g/mol. The lowest BCUT2D eigenvalue weighted by Crippen LogP contribution is -2.41. The van der Waals surface area contributed by atoms with Crippen LogP contribution in [0.2, 0.25) is 0 Å². The number of rotatable bonds is 2. The van der Waals surface area contributed by atoms with Gasteiger partial charge >= 0.3 is 0 Å². The summed E-state index contributed by atoms with van der Waals surface area (Å²) in [4.78, 5) is 9.62. The molecule has 1 atom stereocenters. The number of hydrogen-bond acceptors (Lipinski definition) is 4. The summed E-state index contributed by atoms with van der Waals surface area (Å²) in [5.41, 5.74) is 7.73. The Labute approximate surface area is 115 Å². The van der Waals surface area contributed by atoms with Crippen LogP contribution in [0.1, 0.15) is 31.2 Å². The predicted octanol–water partition coefficient (Wildman–Crippen LogP) is 2.04. The molecule has 2 saturated heterocycles. The highest BCUT2D eigenvalue weighted by Gasteiger charge is 2.29. The molecule has 0 aliphatic carbocycles. The SMILES string of the molecule is Cc1cc(N)cnc1N1CCC(N2CCCCC2)C1. The van der Waals surface area contributed by atoms with Crippen LogP contribution in [0.25, 0.3) is 0 Å². The fourth-order valence-electron chi connectivity index (χ4n) is 3.44. The predicted molar refractivity (Wildman–Crippen MR) is 79.4 cm³/mol. The van der Waals surface area contributed by atoms with E-state index >= 15 is 0 Å². The Balaban J connectivity index is 1.67. The molecule has 0 radical (unpaired) electrons. The standard InChI is InChI=1S/C15H24N4/c1-12-9-13(16)10-17-15(12)19-8-5-14(11-19)18-6-3-2-4-7-18/h9-10,14H,2-8,11,16H2,1H3. The van der Waals surface area contributed by atoms with Crippen molar-refractivity contribution in [3.63, 3.8) is 0 Å². The molecule has 104 valence electrons. The van der Waals surface area contributed by atoms with E-state index < -0.39 is 0 Å². The summed E-state index contributed by atoms with van der Waals surface area (Å²) in [5.74, 6) is 1.12. The lowest BCUT2D eigenvalue weighted by atomic mass is 10.1. The van der Waals surface area contributed by atoms with Gasteiger partial charge in [-0.2, -0.15) is 0 Å². The first-order valence-corrected chi connectivity index (χ1v) is 7.45. The largest absolute Gasteiger partial charge is 0.397 e. The van der Waals surface area contributed by atoms with Gasteiger partial charge in [0.15, 0.2) is 0 Å². The lowest BCUT2D eigenvalue weighted by Gasteiger charge is -2.32. The number of nitrogen functional groups attached to an aromatic ring is 1. The molecule has 2 aliphatic rings. The number of pyridine rings is 1. The molecule has 1 aromatic rings. The molecular weight excluding hydrogens is 236 g/mol. The molecule has 1 unspecified atom stereocenters. The minimum atomic E-state index is 0.721. The fourth-order valence-corrected chi connectivity index (χ4v) is 3.44. The molecule has 2 N–H and O–H groups in total. The van der Waals surface area contributed by atoms with E-state index in [0.717, 1.165) is 30.6 Å². The number of hydrogen-bond donors (Lipinski definition) is 1. The minimum Gasteiger partial charge on any atom is -0.397 e. The van der Waals surface area contributed by atoms with E-state index in [-0.39, 0.29) is 0 Å². The summed E-state index contributed by atoms with van der Waals surface area (Å²) in [6.07, 6.45) is 7.19. The van der Waals surface area contributed by atoms with Crippen LogP contribution in [0.3, 0.4) is 0 Å². The van der Waals surface area contributed by atoms with Crippen molar-refractivity contribution in [3.8, 4) is 0 Å². The summed E-state index contributed by atoms with van der Waals surface area (Å²) in [5, 5.41) is 0. The zero-order chi connectivity index (χ0) is 13.2. The van der Waals surface area contributed by atoms with Crippen LogP contribution in [-0.4, -0.2) is 42.1 Å². The molecule has 4 nitrogen and oxygen atoms in total. The van der Waals surface area contributed by atoms with Crippen molar-refractivity contribution in [2.24, 2.45) is 0 Å². The summed E-state index contributed by atoms with van der Waals surface area (Å²) < 4.78 is 0. The van der Waals surface area contributed by atoms with Crippen LogP contribution < -0.4 is 10.6 Å². The van der Waals surface area contributed by atoms with Crippen molar-refractivity contribution in [3.05, 3.63) is 17.8 Å². The molecule has 4 heteroatoms. The van der Waals surface area contributed by atoms with Gasteiger partial charge in [0.05, 0.1) is 11.9 Å². The summed E-state index contributed by atoms with van der Waals surface area (Å²) >= 11 is 0. The van der Waals surface area contributed by atoms with Gasteiger partial charge in [0.2, 0.25) is 0 Å². The van der Waals surface area contributed by atoms with Gasteiger partial charge in [0.25, 0.3) is 0 Å². The maximum Gasteiger partial charge on any atom is 0.131 e. The molecule has 0 amide bonds. The van der Waals surface area contributed by atoms with Crippen molar-refractivity contribution in [2.45, 2.75) is 38.6 Å². The highest BCUT2D eigenvalue weighted by Crippen LogP contribution is 2.26. The Kier molecular flexibility index (Phi) is 3.60. The second-order valence-corrected chi connectivity index (χ2v) is 5.89. The van der Waals surface area contributed by atoms with E-state index in [9.17, 15) is 0 Å². The molecule has 3 rings (SSSR count). The van der Waals surface area contributed by atoms with Crippen molar-refractivity contribution in [1.29, 1.82) is 0 Å². The molecular formula is C15H24N4. The normalized spacial score (nSPS) is 24.9. The van der Waals surface area contributed by atoms with E-state index in [1.807, 2.05) is 6.07 Å². The van der Waals surface area contributed by atoms with Gasteiger partial charge in [-0.15, -0.1) is 0 Å². The first-order valence-electron chi connectivity index (χ1n) is 7.45. The zero-order valence-electron chi connectivity index (χ0n) is 11.8. The van der Waals surface area contributed by atoms with Gasteiger partial charge in [-0.1, -0.05) is 6.42 Å². The van der Waals surface area contributed by atoms with E-state index in [4.69, 9.17) is 5.73 Å². The van der Waals surface area contributed by atoms with Crippen molar-refractivity contribution >= 4 is 11.5 Å². The number of piperidine rings is 1. The van der Waals surface area contributed by atoms with E-state index in [2.05, 4.69) is 21.7 Å². The first kappa shape index (κ1) is 12.7. The van der Waals surface area contributed by atoms with Crippen LogP contribution in [-0.2, 0) is 0 Å². The molecule has 2 fully saturated rings. The Hall–Kier alpha value is -1.29. The van der Waals surface area contributed by atoms with Crippen LogP contribution in [0.5, 0.6) is 0 Å². The van der Waals surface area contributed by atoms with Crippen molar-refractivity contribution in [2.75, 3.05) is 36.8 Å². The maximum atomic E-state index is 5.78. The third-order valence-electron chi connectivity index (χ3n) is 4.44. The van der Waals surface area contributed by atoms with Crippen molar-refractivity contribution in [1.82, 2.24) is 9.88 Å². The van der Waals surface area contributed by atoms with Crippen LogP contribution in [0, 0.1) is 6.92 Å². The monoisotopic (exact) mass is 260 g/mol. The van der Waals surface area contributed by atoms with E-state index in [0.29, 0.717) is 0 Å². The van der Waals surface area contributed by atoms with Gasteiger partial charge in [-0.25, -0.2) is 4.98 Å². The van der Waals surface area contributed by atoms with Gasteiger partial charge in [0.1, 0.15) is 5.82 Å². The first-order chi connectivity index (χ1) is 9.24. The molecule has 0 saturated carbocycles. The number of anilines is 2. The summed E-state index contributed by atoms with van der Waals surface area (Å²) in [6.45, 7) is 6.92. The molecule has 19 heavy (non-hydrogen) atoms. The van der Waals surface area contributed by atoms with Crippen LogP contribution in [0.4, 0.5) is 11.5 Å². The van der Waals surface area contributed by atoms with E-state index in [1.54, 1.807) is 6.20 Å². The van der Waals surface area contributed by atoms with Crippen LogP contribution >= 0.6 is 0 Å². The highest BCUT2D eigenvalue weighted by molar-refractivity contribution is 5.53. The highest BCUT2D eigenvalue weighted by atomic mass is 15.3. The minimum absolute atomic E-state index is 0.721. The quantitative estimate of drug-likeness (QED) is 0.884.